The van der Waals surface area contributed by atoms with Crippen LogP contribution in [0.1, 0.15) is 32.1 Å². The summed E-state index contributed by atoms with van der Waals surface area (Å²) in [5.41, 5.74) is 1.20. The van der Waals surface area contributed by atoms with Gasteiger partial charge in [0.2, 0.25) is 5.91 Å². The maximum atomic E-state index is 12.1. The molecule has 1 aromatic carbocycles. The number of hydrogen-bond donors (Lipinski definition) is 1. The van der Waals surface area contributed by atoms with Crippen molar-refractivity contribution in [2.45, 2.75) is 32.1 Å². The van der Waals surface area contributed by atoms with Gasteiger partial charge in [-0.15, -0.1) is 0 Å². The molecule has 2 aliphatic rings. The predicted molar refractivity (Wildman–Crippen MR) is 78.4 cm³/mol. The molecule has 2 fully saturated rings. The van der Waals surface area contributed by atoms with Crippen molar-refractivity contribution in [1.29, 1.82) is 5.26 Å². The van der Waals surface area contributed by atoms with Crippen LogP contribution in [0, 0.1) is 16.7 Å². The first-order chi connectivity index (χ1) is 9.73. The normalized spacial score (nSPS) is 20.1. The molecule has 0 unspecified atom stereocenters. The molecule has 1 saturated carbocycles. The van der Waals surface area contributed by atoms with Crippen LogP contribution in [0.25, 0.3) is 0 Å². The average Bonchev–Trinajstić information content (AvgIpc) is 2.93. The van der Waals surface area contributed by atoms with Crippen LogP contribution in [0.3, 0.4) is 0 Å². The summed E-state index contributed by atoms with van der Waals surface area (Å²) < 4.78 is 0. The lowest BCUT2D eigenvalue weighted by Gasteiger charge is -2.33. The number of anilines is 2. The van der Waals surface area contributed by atoms with Crippen LogP contribution in [0.2, 0.25) is 0 Å². The topological polar surface area (TPSA) is 56.1 Å². The summed E-state index contributed by atoms with van der Waals surface area (Å²) in [5, 5.41) is 12.0. The number of carbonyl (C=O) groups is 1. The quantitative estimate of drug-likeness (QED) is 0.918. The molecular formula is C16H19N3O. The largest absolute Gasteiger partial charge is 0.372 e. The van der Waals surface area contributed by atoms with Crippen LogP contribution >= 0.6 is 0 Å². The van der Waals surface area contributed by atoms with Gasteiger partial charge in [-0.1, -0.05) is 0 Å². The van der Waals surface area contributed by atoms with Gasteiger partial charge in [0.25, 0.3) is 0 Å². The van der Waals surface area contributed by atoms with E-state index >= 15 is 0 Å². The molecule has 0 radical (unpaired) electrons. The van der Waals surface area contributed by atoms with E-state index in [1.165, 1.54) is 18.5 Å². The molecule has 0 atom stereocenters. The number of nitrogens with zero attached hydrogens (tertiary/aromatic N) is 2. The Morgan fingerprint density at radius 2 is 1.80 bits per heavy atom. The van der Waals surface area contributed by atoms with E-state index in [0.717, 1.165) is 25.2 Å². The fourth-order valence-electron chi connectivity index (χ4n) is 2.90. The third-order valence-corrected chi connectivity index (χ3v) is 4.45. The summed E-state index contributed by atoms with van der Waals surface area (Å²) in [6.07, 6.45) is 4.84. The molecule has 3 rings (SSSR count). The van der Waals surface area contributed by atoms with Crippen LogP contribution in [-0.2, 0) is 4.79 Å². The van der Waals surface area contributed by atoms with Crippen molar-refractivity contribution in [3.63, 3.8) is 0 Å². The van der Waals surface area contributed by atoms with Gasteiger partial charge < -0.3 is 10.2 Å². The number of rotatable bonds is 3. The lowest BCUT2D eigenvalue weighted by molar-refractivity contribution is -0.126. The summed E-state index contributed by atoms with van der Waals surface area (Å²) in [7, 11) is 0. The summed E-state index contributed by atoms with van der Waals surface area (Å²) in [6, 6.07) is 10.1. The van der Waals surface area contributed by atoms with E-state index in [0.29, 0.717) is 12.8 Å². The van der Waals surface area contributed by atoms with Gasteiger partial charge in [-0.2, -0.15) is 5.26 Å². The van der Waals surface area contributed by atoms with Gasteiger partial charge >= 0.3 is 0 Å². The van der Waals surface area contributed by atoms with Crippen molar-refractivity contribution >= 4 is 17.3 Å². The zero-order valence-corrected chi connectivity index (χ0v) is 11.6. The van der Waals surface area contributed by atoms with E-state index in [-0.39, 0.29) is 5.91 Å². The second-order valence-corrected chi connectivity index (χ2v) is 5.74. The molecular weight excluding hydrogens is 250 g/mol. The molecule has 20 heavy (non-hydrogen) atoms. The first-order valence-corrected chi connectivity index (χ1v) is 7.31. The predicted octanol–water partition coefficient (Wildman–Crippen LogP) is 2.92. The first kappa shape index (κ1) is 13.0. The van der Waals surface area contributed by atoms with Crippen molar-refractivity contribution in [1.82, 2.24) is 0 Å². The number of nitrogens with one attached hydrogen (secondary N) is 1. The Morgan fingerprint density at radius 1 is 1.15 bits per heavy atom. The van der Waals surface area contributed by atoms with Crippen molar-refractivity contribution in [3.8, 4) is 6.07 Å². The minimum atomic E-state index is -0.784. The Hall–Kier alpha value is -2.02. The summed E-state index contributed by atoms with van der Waals surface area (Å²) in [4.78, 5) is 14.5. The molecule has 0 aromatic heterocycles. The van der Waals surface area contributed by atoms with E-state index in [1.54, 1.807) is 0 Å². The van der Waals surface area contributed by atoms with Crippen LogP contribution in [0.5, 0.6) is 0 Å². The Bertz CT molecular complexity index is 534. The highest BCUT2D eigenvalue weighted by molar-refractivity contribution is 5.97. The van der Waals surface area contributed by atoms with Crippen molar-refractivity contribution in [2.75, 3.05) is 23.3 Å². The van der Waals surface area contributed by atoms with Crippen LogP contribution in [-0.4, -0.2) is 19.0 Å². The van der Waals surface area contributed by atoms with Gasteiger partial charge in [0.15, 0.2) is 0 Å². The summed E-state index contributed by atoms with van der Waals surface area (Å²) >= 11 is 0. The minimum absolute atomic E-state index is 0.153. The number of carbonyl (C=O) groups excluding carboxylic acids is 1. The smallest absolute Gasteiger partial charge is 0.244 e. The number of hydrogen-bond acceptors (Lipinski definition) is 3. The summed E-state index contributed by atoms with van der Waals surface area (Å²) in [6.45, 7) is 2.23. The number of amides is 1. The molecule has 1 N–H and O–H groups in total. The maximum Gasteiger partial charge on any atom is 0.244 e. The molecule has 1 aromatic rings. The molecule has 4 heteroatoms. The highest BCUT2D eigenvalue weighted by atomic mass is 16.2. The van der Waals surface area contributed by atoms with E-state index in [2.05, 4.69) is 16.3 Å². The van der Waals surface area contributed by atoms with Crippen molar-refractivity contribution < 1.29 is 4.79 Å². The Labute approximate surface area is 119 Å². The van der Waals surface area contributed by atoms with Gasteiger partial charge in [0, 0.05) is 24.5 Å². The molecule has 1 aliphatic heterocycles. The minimum Gasteiger partial charge on any atom is -0.372 e. The van der Waals surface area contributed by atoms with Crippen molar-refractivity contribution in [3.05, 3.63) is 24.3 Å². The molecule has 104 valence electrons. The average molecular weight is 269 g/mol. The molecule has 0 bridgehead atoms. The van der Waals surface area contributed by atoms with Gasteiger partial charge in [0.1, 0.15) is 5.41 Å². The highest BCUT2D eigenvalue weighted by Gasteiger charge is 2.44. The third kappa shape index (κ3) is 2.24. The van der Waals surface area contributed by atoms with Crippen LogP contribution in [0.4, 0.5) is 11.4 Å². The maximum absolute atomic E-state index is 12.1. The monoisotopic (exact) mass is 269 g/mol. The van der Waals surface area contributed by atoms with E-state index in [1.807, 2.05) is 24.3 Å². The third-order valence-electron chi connectivity index (χ3n) is 4.45. The van der Waals surface area contributed by atoms with E-state index < -0.39 is 5.41 Å². The molecule has 1 heterocycles. The van der Waals surface area contributed by atoms with Crippen LogP contribution in [0.15, 0.2) is 24.3 Å². The van der Waals surface area contributed by atoms with Crippen molar-refractivity contribution in [2.24, 2.45) is 5.41 Å². The summed E-state index contributed by atoms with van der Waals surface area (Å²) in [5.74, 6) is -0.153. The zero-order chi connectivity index (χ0) is 14.0. The molecule has 1 aliphatic carbocycles. The molecule has 4 nitrogen and oxygen atoms in total. The number of benzene rings is 1. The molecule has 1 amide bonds. The van der Waals surface area contributed by atoms with Gasteiger partial charge in [-0.3, -0.25) is 4.79 Å². The fourth-order valence-corrected chi connectivity index (χ4v) is 2.90. The fraction of sp³-hybridized carbons (Fsp3) is 0.500. The van der Waals surface area contributed by atoms with E-state index in [4.69, 9.17) is 5.26 Å². The Kier molecular flexibility index (Phi) is 3.35. The lowest BCUT2D eigenvalue weighted by atomic mass is 9.69. The molecule has 1 saturated heterocycles. The highest BCUT2D eigenvalue weighted by Crippen LogP contribution is 2.41. The number of nitriles is 1. The standard InChI is InChI=1S/C16H19N3O/c17-12-16(8-3-9-16)15(20)18-13-4-6-14(7-5-13)19-10-1-2-11-19/h4-7H,1-3,8-11H2,(H,18,20). The lowest BCUT2D eigenvalue weighted by Crippen LogP contribution is -2.40. The van der Waals surface area contributed by atoms with Gasteiger partial charge in [0.05, 0.1) is 6.07 Å². The zero-order valence-electron chi connectivity index (χ0n) is 11.6. The van der Waals surface area contributed by atoms with E-state index in [9.17, 15) is 4.79 Å². The van der Waals surface area contributed by atoms with Gasteiger partial charge in [-0.05, 0) is 56.4 Å². The Morgan fingerprint density at radius 3 is 2.30 bits per heavy atom. The SMILES string of the molecule is N#CC1(C(=O)Nc2ccc(N3CCCC3)cc2)CCC1. The Balaban J connectivity index is 1.66. The first-order valence-electron chi connectivity index (χ1n) is 7.31. The van der Waals surface area contributed by atoms with Gasteiger partial charge in [-0.25, -0.2) is 0 Å². The second kappa shape index (κ2) is 5.16. The van der Waals surface area contributed by atoms with Crippen LogP contribution < -0.4 is 10.2 Å². The molecule has 0 spiro atoms. The second-order valence-electron chi connectivity index (χ2n) is 5.74.